The van der Waals surface area contributed by atoms with E-state index in [0.29, 0.717) is 0 Å². The van der Waals surface area contributed by atoms with Crippen LogP contribution in [0.4, 0.5) is 0 Å². The number of aromatic nitrogens is 1. The highest BCUT2D eigenvalue weighted by atomic mass is 35.5. The topological polar surface area (TPSA) is 45.2 Å². The zero-order chi connectivity index (χ0) is 14.0. The highest BCUT2D eigenvalue weighted by Crippen LogP contribution is 2.29. The van der Waals surface area contributed by atoms with Gasteiger partial charge in [-0.05, 0) is 40.2 Å². The predicted molar refractivity (Wildman–Crippen MR) is 92.9 cm³/mol. The predicted octanol–water partition coefficient (Wildman–Crippen LogP) is 3.12. The van der Waals surface area contributed by atoms with E-state index in [9.17, 15) is 4.79 Å². The highest BCUT2D eigenvalue weighted by Gasteiger charge is 2.28. The molecular formula is C14H25Cl2N3OS. The molecule has 1 aliphatic heterocycles. The van der Waals surface area contributed by atoms with E-state index < -0.39 is 0 Å². The summed E-state index contributed by atoms with van der Waals surface area (Å²) in [6.45, 7) is 7.98. The molecule has 1 aromatic heterocycles. The molecule has 1 aromatic rings. The van der Waals surface area contributed by atoms with Gasteiger partial charge in [0.05, 0.1) is 22.7 Å². The first-order valence-corrected chi connectivity index (χ1v) is 7.73. The number of hydrogen-bond acceptors (Lipinski definition) is 4. The van der Waals surface area contributed by atoms with Crippen LogP contribution in [0.15, 0.2) is 0 Å². The van der Waals surface area contributed by atoms with Crippen molar-refractivity contribution in [2.24, 2.45) is 5.92 Å². The van der Waals surface area contributed by atoms with Gasteiger partial charge in [-0.15, -0.1) is 36.2 Å². The molecule has 4 nitrogen and oxygen atoms in total. The summed E-state index contributed by atoms with van der Waals surface area (Å²) in [5.74, 6) is 0.390. The maximum atomic E-state index is 12.5. The Kier molecular flexibility index (Phi) is 8.78. The molecule has 122 valence electrons. The van der Waals surface area contributed by atoms with Crippen LogP contribution < -0.4 is 5.32 Å². The zero-order valence-corrected chi connectivity index (χ0v) is 15.5. The lowest BCUT2D eigenvalue weighted by Gasteiger charge is -2.30. The summed E-state index contributed by atoms with van der Waals surface area (Å²) in [6.07, 6.45) is 2.10. The van der Waals surface area contributed by atoms with Crippen molar-refractivity contribution >= 4 is 42.1 Å². The minimum Gasteiger partial charge on any atom is -0.338 e. The van der Waals surface area contributed by atoms with Gasteiger partial charge in [-0.2, -0.15) is 0 Å². The summed E-state index contributed by atoms with van der Waals surface area (Å²) < 4.78 is 0. The molecule has 2 atom stereocenters. The van der Waals surface area contributed by atoms with Crippen molar-refractivity contribution in [1.29, 1.82) is 0 Å². The van der Waals surface area contributed by atoms with Crippen molar-refractivity contribution in [1.82, 2.24) is 15.2 Å². The second kappa shape index (κ2) is 8.93. The van der Waals surface area contributed by atoms with Crippen LogP contribution in [0.3, 0.4) is 0 Å². The minimum atomic E-state index is 0. The molecule has 2 unspecified atom stereocenters. The quantitative estimate of drug-likeness (QED) is 0.907. The van der Waals surface area contributed by atoms with E-state index >= 15 is 0 Å². The number of halogens is 2. The van der Waals surface area contributed by atoms with Gasteiger partial charge in [-0.3, -0.25) is 4.79 Å². The molecule has 1 fully saturated rings. The Hall–Kier alpha value is -0.360. The number of carbonyl (C=O) groups excluding carboxylic acids is 1. The van der Waals surface area contributed by atoms with Gasteiger partial charge in [-0.1, -0.05) is 0 Å². The van der Waals surface area contributed by atoms with Gasteiger partial charge in [0.1, 0.15) is 0 Å². The molecule has 1 amide bonds. The van der Waals surface area contributed by atoms with Gasteiger partial charge in [0.2, 0.25) is 5.91 Å². The van der Waals surface area contributed by atoms with Crippen molar-refractivity contribution in [2.45, 2.75) is 39.7 Å². The lowest BCUT2D eigenvalue weighted by Crippen LogP contribution is -2.42. The van der Waals surface area contributed by atoms with Gasteiger partial charge < -0.3 is 10.2 Å². The van der Waals surface area contributed by atoms with Crippen molar-refractivity contribution in [3.8, 4) is 0 Å². The van der Waals surface area contributed by atoms with Crippen molar-refractivity contribution in [3.63, 3.8) is 0 Å². The average molecular weight is 354 g/mol. The molecule has 2 rings (SSSR count). The van der Waals surface area contributed by atoms with Gasteiger partial charge in [0.25, 0.3) is 0 Å². The molecular weight excluding hydrogens is 329 g/mol. The SMILES string of the molecule is Cc1nc(C)c(C(C)N(C)C(=O)C2CCCNC2)s1.Cl.Cl. The number of piperidine rings is 1. The largest absolute Gasteiger partial charge is 0.338 e. The maximum absolute atomic E-state index is 12.5. The van der Waals surface area contributed by atoms with Gasteiger partial charge in [0, 0.05) is 18.5 Å². The van der Waals surface area contributed by atoms with E-state index in [0.717, 1.165) is 36.6 Å². The Bertz CT molecular complexity index is 461. The second-order valence-corrected chi connectivity index (χ2v) is 6.59. The Labute approximate surface area is 143 Å². The first kappa shape index (κ1) is 20.6. The Balaban J connectivity index is 0.00000200. The Morgan fingerprint density at radius 2 is 2.10 bits per heavy atom. The number of carbonyl (C=O) groups is 1. The first-order chi connectivity index (χ1) is 9.00. The van der Waals surface area contributed by atoms with Crippen LogP contribution in [0.5, 0.6) is 0 Å². The van der Waals surface area contributed by atoms with E-state index in [4.69, 9.17) is 0 Å². The smallest absolute Gasteiger partial charge is 0.227 e. The van der Waals surface area contributed by atoms with Crippen LogP contribution in [-0.2, 0) is 4.79 Å². The number of hydrogen-bond donors (Lipinski definition) is 1. The molecule has 1 N–H and O–H groups in total. The van der Waals surface area contributed by atoms with Crippen molar-refractivity contribution in [2.75, 3.05) is 20.1 Å². The lowest BCUT2D eigenvalue weighted by atomic mass is 9.97. The molecule has 0 aromatic carbocycles. The number of nitrogens with zero attached hydrogens (tertiary/aromatic N) is 2. The van der Waals surface area contributed by atoms with Crippen molar-refractivity contribution in [3.05, 3.63) is 15.6 Å². The third-order valence-corrected chi connectivity index (χ3v) is 5.14. The average Bonchev–Trinajstić information content (AvgIpc) is 2.76. The number of thiazole rings is 1. The summed E-state index contributed by atoms with van der Waals surface area (Å²) in [4.78, 5) is 20.0. The Morgan fingerprint density at radius 3 is 2.57 bits per heavy atom. The molecule has 7 heteroatoms. The molecule has 21 heavy (non-hydrogen) atoms. The fraction of sp³-hybridized carbons (Fsp3) is 0.714. The van der Waals surface area contributed by atoms with Crippen LogP contribution >= 0.6 is 36.2 Å². The Morgan fingerprint density at radius 1 is 1.43 bits per heavy atom. The standard InChI is InChI=1S/C14H23N3OS.2ClH/c1-9-13(19-11(3)16-9)10(2)17(4)14(18)12-6-5-7-15-8-12;;/h10,12,15H,5-8H2,1-4H3;2*1H. The van der Waals surface area contributed by atoms with Crippen molar-refractivity contribution < 1.29 is 4.79 Å². The fourth-order valence-electron chi connectivity index (χ4n) is 2.65. The third kappa shape index (κ3) is 4.81. The molecule has 0 bridgehead atoms. The second-order valence-electron chi connectivity index (χ2n) is 5.35. The van der Waals surface area contributed by atoms with Crippen LogP contribution in [0.25, 0.3) is 0 Å². The molecule has 1 aliphatic rings. The molecule has 0 saturated carbocycles. The molecule has 0 aliphatic carbocycles. The van der Waals surface area contributed by atoms with E-state index in [1.165, 1.54) is 4.88 Å². The fourth-order valence-corrected chi connectivity index (χ4v) is 3.67. The summed E-state index contributed by atoms with van der Waals surface area (Å²) >= 11 is 1.69. The molecule has 0 radical (unpaired) electrons. The number of amides is 1. The molecule has 2 heterocycles. The highest BCUT2D eigenvalue weighted by molar-refractivity contribution is 7.11. The minimum absolute atomic E-state index is 0. The molecule has 1 saturated heterocycles. The zero-order valence-electron chi connectivity index (χ0n) is 13.0. The van der Waals surface area contributed by atoms with Crippen LogP contribution in [-0.4, -0.2) is 35.9 Å². The third-order valence-electron chi connectivity index (χ3n) is 3.89. The summed E-state index contributed by atoms with van der Waals surface area (Å²) in [5.41, 5.74) is 1.05. The summed E-state index contributed by atoms with van der Waals surface area (Å²) in [6, 6.07) is 0.112. The summed E-state index contributed by atoms with van der Waals surface area (Å²) in [5, 5.41) is 4.38. The first-order valence-electron chi connectivity index (χ1n) is 6.92. The number of rotatable bonds is 3. The van der Waals surface area contributed by atoms with E-state index in [-0.39, 0.29) is 42.7 Å². The monoisotopic (exact) mass is 353 g/mol. The van der Waals surface area contributed by atoms with E-state index in [2.05, 4.69) is 17.2 Å². The van der Waals surface area contributed by atoms with Crippen LogP contribution in [0, 0.1) is 19.8 Å². The van der Waals surface area contributed by atoms with Crippen LogP contribution in [0.2, 0.25) is 0 Å². The molecule has 0 spiro atoms. The number of nitrogens with one attached hydrogen (secondary N) is 1. The van der Waals surface area contributed by atoms with Gasteiger partial charge in [0.15, 0.2) is 0 Å². The summed E-state index contributed by atoms with van der Waals surface area (Å²) in [7, 11) is 1.91. The maximum Gasteiger partial charge on any atom is 0.227 e. The van der Waals surface area contributed by atoms with E-state index in [1.807, 2.05) is 25.8 Å². The number of aryl methyl sites for hydroxylation is 2. The lowest BCUT2D eigenvalue weighted by molar-refractivity contribution is -0.136. The van der Waals surface area contributed by atoms with Gasteiger partial charge in [-0.25, -0.2) is 4.98 Å². The van der Waals surface area contributed by atoms with E-state index in [1.54, 1.807) is 11.3 Å². The normalized spacial score (nSPS) is 19.1. The van der Waals surface area contributed by atoms with Crippen LogP contribution in [0.1, 0.15) is 41.4 Å². The van der Waals surface area contributed by atoms with Gasteiger partial charge >= 0.3 is 0 Å².